The molecule has 4 aromatic carbocycles. The van der Waals surface area contributed by atoms with Gasteiger partial charge < -0.3 is 0 Å². The van der Waals surface area contributed by atoms with Crippen LogP contribution in [0, 0.1) is 0 Å². The van der Waals surface area contributed by atoms with Crippen molar-refractivity contribution < 1.29 is 34.1 Å². The predicted molar refractivity (Wildman–Crippen MR) is 117 cm³/mol. The van der Waals surface area contributed by atoms with Crippen LogP contribution in [-0.2, 0) is 34.1 Å². The quantitative estimate of drug-likeness (QED) is 0.149. The zero-order chi connectivity index (χ0) is 17.0. The summed E-state index contributed by atoms with van der Waals surface area (Å²) >= 11 is -2.88. The fourth-order valence-corrected chi connectivity index (χ4v) is 49.9. The van der Waals surface area contributed by atoms with Gasteiger partial charge in [0, 0.05) is 34.1 Å². The zero-order valence-electron chi connectivity index (χ0n) is 14.1. The van der Waals surface area contributed by atoms with Gasteiger partial charge in [0.05, 0.1) is 0 Å². The molecule has 4 aromatic rings. The van der Waals surface area contributed by atoms with Crippen LogP contribution in [0.3, 0.4) is 0 Å². The average molecular weight is 615 g/mol. The molecule has 0 spiro atoms. The molecule has 0 heterocycles. The van der Waals surface area contributed by atoms with Crippen molar-refractivity contribution in [2.75, 3.05) is 0 Å². The van der Waals surface area contributed by atoms with Crippen molar-refractivity contribution >= 4 is 48.6 Å². The first kappa shape index (κ1) is 23.9. The van der Waals surface area contributed by atoms with E-state index >= 15 is 0 Å². The molecule has 4 rings (SSSR count). The molecule has 0 unspecified atom stereocenters. The summed E-state index contributed by atoms with van der Waals surface area (Å²) < 4.78 is 0. The molecule has 0 N–H and O–H groups in total. The summed E-state index contributed by atoms with van der Waals surface area (Å²) in [5.74, 6) is 0. The Morgan fingerprint density at radius 1 is 0.519 bits per heavy atom. The Morgan fingerprint density at radius 3 is 1.19 bits per heavy atom. The Kier molecular flexibility index (Phi) is 10.4. The zero-order valence-corrected chi connectivity index (χ0v) is 22.4. The maximum absolute atomic E-state index is 2.88. The SMILES string of the molecule is [Fe].[Fe].c1cc[c-]([S][Sn]([S][c-]2cccc2)([S][c-]2cccc2)[S][c-]2[cH-][cH-][cH-][cH-]2)c1. The van der Waals surface area contributed by atoms with Crippen molar-refractivity contribution in [3.05, 3.63) is 97.1 Å². The van der Waals surface area contributed by atoms with Gasteiger partial charge in [0.1, 0.15) is 0 Å². The van der Waals surface area contributed by atoms with E-state index in [1.54, 1.807) is 0 Å². The van der Waals surface area contributed by atoms with E-state index in [4.69, 9.17) is 0 Å². The van der Waals surface area contributed by atoms with Gasteiger partial charge in [0.2, 0.25) is 0 Å². The van der Waals surface area contributed by atoms with Crippen LogP contribution in [0.1, 0.15) is 0 Å². The first-order valence-corrected chi connectivity index (χ1v) is 25.2. The second kappa shape index (κ2) is 11.7. The second-order valence-electron chi connectivity index (χ2n) is 5.39. The second-order valence-corrected chi connectivity index (χ2v) is 44.8. The fraction of sp³-hybridized carbons (Fsp3) is 0. The first-order chi connectivity index (χ1) is 12.3. The standard InChI is InChI=1S/4C5H4S.2Fe.Sn/c4*6-5-3-1-2-4-5;;;/h4*1-4H;;;/q-6;3*-2;;;+4. The van der Waals surface area contributed by atoms with Crippen molar-refractivity contribution in [2.24, 2.45) is 0 Å². The molecule has 0 nitrogen and oxygen atoms in total. The molecule has 0 aromatic heterocycles. The monoisotopic (exact) mass is 616 g/mol. The number of rotatable bonds is 8. The number of hydrogen-bond donors (Lipinski definition) is 0. The fourth-order valence-electron chi connectivity index (χ4n) is 2.40. The van der Waals surface area contributed by atoms with Gasteiger partial charge in [-0.3, -0.25) is 0 Å². The molecule has 0 amide bonds. The number of hydrogen-bond acceptors (Lipinski definition) is 4. The first-order valence-electron chi connectivity index (χ1n) is 7.94. The van der Waals surface area contributed by atoms with Crippen molar-refractivity contribution in [2.45, 2.75) is 19.6 Å². The summed E-state index contributed by atoms with van der Waals surface area (Å²) in [6, 6.07) is 35.2. The molecule has 148 valence electrons. The van der Waals surface area contributed by atoms with Gasteiger partial charge >= 0.3 is 165 Å². The summed E-state index contributed by atoms with van der Waals surface area (Å²) in [5, 5.41) is 0. The van der Waals surface area contributed by atoms with E-state index in [0.29, 0.717) is 0 Å². The van der Waals surface area contributed by atoms with Crippen LogP contribution in [-0.4, -0.2) is 12.8 Å². The molecule has 0 bridgehead atoms. The van der Waals surface area contributed by atoms with E-state index in [1.807, 2.05) is 0 Å². The van der Waals surface area contributed by atoms with E-state index < -0.39 is 12.8 Å². The Balaban J connectivity index is 0.00000131. The molecule has 0 aliphatic heterocycles. The van der Waals surface area contributed by atoms with Gasteiger partial charge in [-0.05, 0) is 0 Å². The van der Waals surface area contributed by atoms with Gasteiger partial charge in [-0.2, -0.15) is 0 Å². The molecule has 0 fully saturated rings. The molecule has 0 saturated heterocycles. The van der Waals surface area contributed by atoms with E-state index in [2.05, 4.69) is 133 Å². The topological polar surface area (TPSA) is 0 Å². The van der Waals surface area contributed by atoms with E-state index in [1.165, 1.54) is 19.6 Å². The van der Waals surface area contributed by atoms with Crippen LogP contribution in [0.15, 0.2) is 117 Å². The summed E-state index contributed by atoms with van der Waals surface area (Å²) in [7, 11) is 8.55. The van der Waals surface area contributed by atoms with Gasteiger partial charge in [0.15, 0.2) is 0 Å². The van der Waals surface area contributed by atoms with Crippen LogP contribution in [0.5, 0.6) is 0 Å². The summed E-state index contributed by atoms with van der Waals surface area (Å²) in [6.07, 6.45) is 0. The molecule has 0 aliphatic carbocycles. The molecule has 0 aliphatic rings. The van der Waals surface area contributed by atoms with Gasteiger partial charge in [-0.15, -0.1) is 0 Å². The third-order valence-electron chi connectivity index (χ3n) is 3.50. The summed E-state index contributed by atoms with van der Waals surface area (Å²) in [4.78, 5) is 5.59. The third kappa shape index (κ3) is 6.84. The Morgan fingerprint density at radius 2 is 0.852 bits per heavy atom. The summed E-state index contributed by atoms with van der Waals surface area (Å²) in [5.41, 5.74) is 0. The van der Waals surface area contributed by atoms with Crippen LogP contribution in [0.2, 0.25) is 0 Å². The van der Waals surface area contributed by atoms with Crippen molar-refractivity contribution in [3.8, 4) is 0 Å². The van der Waals surface area contributed by atoms with Gasteiger partial charge in [-0.25, -0.2) is 0 Å². The normalized spacial score (nSPS) is 11.0. The minimum atomic E-state index is -2.88. The molecular weight excluding hydrogens is 599 g/mol. The van der Waals surface area contributed by atoms with Gasteiger partial charge in [0.25, 0.3) is 0 Å². The van der Waals surface area contributed by atoms with Crippen LogP contribution in [0.25, 0.3) is 0 Å². The van der Waals surface area contributed by atoms with Crippen LogP contribution >= 0.6 is 35.8 Å². The van der Waals surface area contributed by atoms with Gasteiger partial charge in [-0.1, -0.05) is 0 Å². The summed E-state index contributed by atoms with van der Waals surface area (Å²) in [6.45, 7) is 0. The van der Waals surface area contributed by atoms with E-state index in [0.717, 1.165) is 0 Å². The average Bonchev–Trinajstić information content (AvgIpc) is 3.37. The Bertz CT molecular complexity index is 703. The maximum atomic E-state index is 2.25. The molecule has 0 saturated carbocycles. The molecule has 7 heteroatoms. The third-order valence-corrected chi connectivity index (χ3v) is 43.3. The molecule has 0 radical (unpaired) electrons. The minimum absolute atomic E-state index is 0. The van der Waals surface area contributed by atoms with Crippen molar-refractivity contribution in [3.63, 3.8) is 0 Å². The Hall–Kier alpha value is 0.638. The molecule has 0 atom stereocenters. The van der Waals surface area contributed by atoms with Crippen LogP contribution in [0.4, 0.5) is 0 Å². The van der Waals surface area contributed by atoms with Crippen molar-refractivity contribution in [1.82, 2.24) is 0 Å². The predicted octanol–water partition coefficient (Wildman–Crippen LogP) is 7.46. The molecule has 27 heavy (non-hydrogen) atoms. The molecular formula is C20H16Fe2S4Sn-8. The van der Waals surface area contributed by atoms with E-state index in [-0.39, 0.29) is 34.1 Å². The van der Waals surface area contributed by atoms with E-state index in [9.17, 15) is 0 Å². The van der Waals surface area contributed by atoms with Crippen LogP contribution < -0.4 is 0 Å². The Labute approximate surface area is 197 Å². The van der Waals surface area contributed by atoms with Crippen molar-refractivity contribution in [1.29, 1.82) is 0 Å².